The maximum atomic E-state index is 11.6. The Kier molecular flexibility index (Phi) is 6.01. The molecule has 0 heterocycles. The third-order valence-electron chi connectivity index (χ3n) is 2.24. The number of carbonyl (C=O) groups is 1. The molecule has 0 unspecified atom stereocenters. The fourth-order valence-corrected chi connectivity index (χ4v) is 2.22. The van der Waals surface area contributed by atoms with Gasteiger partial charge in [-0.25, -0.2) is 0 Å². The Labute approximate surface area is 102 Å². The van der Waals surface area contributed by atoms with Crippen molar-refractivity contribution >= 4 is 17.7 Å². The molecule has 0 spiro atoms. The fourth-order valence-electron chi connectivity index (χ4n) is 1.49. The summed E-state index contributed by atoms with van der Waals surface area (Å²) in [6, 6.07) is 10.3. The summed E-state index contributed by atoms with van der Waals surface area (Å²) in [6.45, 7) is 4.18. The van der Waals surface area contributed by atoms with Gasteiger partial charge in [0.1, 0.15) is 0 Å². The molecule has 0 saturated carbocycles. The van der Waals surface area contributed by atoms with Crippen LogP contribution in [-0.4, -0.2) is 17.7 Å². The molecule has 1 aromatic rings. The van der Waals surface area contributed by atoms with Crippen LogP contribution in [0.2, 0.25) is 0 Å². The molecule has 0 saturated heterocycles. The van der Waals surface area contributed by atoms with E-state index in [0.29, 0.717) is 5.75 Å². The molecule has 0 aliphatic rings. The number of nitrogens with one attached hydrogen (secondary N) is 1. The summed E-state index contributed by atoms with van der Waals surface area (Å²) < 4.78 is 0. The molecule has 16 heavy (non-hydrogen) atoms. The summed E-state index contributed by atoms with van der Waals surface area (Å²) >= 11 is 1.58. The maximum absolute atomic E-state index is 11.6. The summed E-state index contributed by atoms with van der Waals surface area (Å²) in [7, 11) is 0. The van der Waals surface area contributed by atoms with Gasteiger partial charge in [0.05, 0.1) is 5.75 Å². The van der Waals surface area contributed by atoms with Crippen molar-refractivity contribution in [3.05, 3.63) is 30.3 Å². The van der Waals surface area contributed by atoms with E-state index >= 15 is 0 Å². The molecule has 1 rings (SSSR count). The first-order chi connectivity index (χ1) is 7.72. The minimum absolute atomic E-state index is 0.120. The van der Waals surface area contributed by atoms with Gasteiger partial charge in [-0.2, -0.15) is 0 Å². The highest BCUT2D eigenvalue weighted by molar-refractivity contribution is 8.00. The standard InChI is InChI=1S/C13H19NOS/c1-3-7-11(2)14-13(15)10-16-12-8-5-4-6-9-12/h4-6,8-9,11H,3,7,10H2,1-2H3,(H,14,15)/t11-/m1/s1. The molecule has 1 aromatic carbocycles. The van der Waals surface area contributed by atoms with Crippen molar-refractivity contribution in [3.8, 4) is 0 Å². The van der Waals surface area contributed by atoms with Gasteiger partial charge in [-0.1, -0.05) is 31.5 Å². The van der Waals surface area contributed by atoms with Crippen LogP contribution in [0.3, 0.4) is 0 Å². The third-order valence-corrected chi connectivity index (χ3v) is 3.25. The Balaban J connectivity index is 2.25. The van der Waals surface area contributed by atoms with Crippen molar-refractivity contribution in [1.82, 2.24) is 5.32 Å². The summed E-state index contributed by atoms with van der Waals surface area (Å²) in [5.74, 6) is 0.618. The molecule has 1 amide bonds. The van der Waals surface area contributed by atoms with Gasteiger partial charge in [0, 0.05) is 10.9 Å². The quantitative estimate of drug-likeness (QED) is 0.770. The second-order valence-corrected chi connectivity index (χ2v) is 4.91. The average Bonchev–Trinajstić information content (AvgIpc) is 2.28. The van der Waals surface area contributed by atoms with E-state index < -0.39 is 0 Å². The highest BCUT2D eigenvalue weighted by Crippen LogP contribution is 2.16. The fraction of sp³-hybridized carbons (Fsp3) is 0.462. The van der Waals surface area contributed by atoms with Crippen molar-refractivity contribution in [2.45, 2.75) is 37.6 Å². The van der Waals surface area contributed by atoms with Crippen LogP contribution in [0.4, 0.5) is 0 Å². The molecule has 0 fully saturated rings. The van der Waals surface area contributed by atoms with Crippen LogP contribution in [0.5, 0.6) is 0 Å². The van der Waals surface area contributed by atoms with Crippen molar-refractivity contribution < 1.29 is 4.79 Å². The van der Waals surface area contributed by atoms with Crippen molar-refractivity contribution in [3.63, 3.8) is 0 Å². The lowest BCUT2D eigenvalue weighted by molar-refractivity contribution is -0.119. The monoisotopic (exact) mass is 237 g/mol. The molecular formula is C13H19NOS. The Morgan fingerprint density at radius 1 is 1.38 bits per heavy atom. The number of benzene rings is 1. The first kappa shape index (κ1) is 13.1. The molecule has 0 aliphatic heterocycles. The van der Waals surface area contributed by atoms with Crippen LogP contribution in [0.1, 0.15) is 26.7 Å². The van der Waals surface area contributed by atoms with E-state index in [1.807, 2.05) is 30.3 Å². The zero-order valence-corrected chi connectivity index (χ0v) is 10.7. The molecule has 0 aromatic heterocycles. The predicted molar refractivity (Wildman–Crippen MR) is 69.7 cm³/mol. The first-order valence-corrected chi connectivity index (χ1v) is 6.68. The second-order valence-electron chi connectivity index (χ2n) is 3.86. The van der Waals surface area contributed by atoms with Gasteiger partial charge in [0.2, 0.25) is 5.91 Å². The lowest BCUT2D eigenvalue weighted by Gasteiger charge is -2.12. The van der Waals surface area contributed by atoms with Crippen molar-refractivity contribution in [2.24, 2.45) is 0 Å². The number of carbonyl (C=O) groups excluding carboxylic acids is 1. The molecule has 0 radical (unpaired) electrons. The number of hydrogen-bond acceptors (Lipinski definition) is 2. The Morgan fingerprint density at radius 2 is 2.06 bits per heavy atom. The van der Waals surface area contributed by atoms with Crippen molar-refractivity contribution in [1.29, 1.82) is 0 Å². The van der Waals surface area contributed by atoms with Crippen molar-refractivity contribution in [2.75, 3.05) is 5.75 Å². The normalized spacial score (nSPS) is 12.1. The summed E-state index contributed by atoms with van der Waals surface area (Å²) in [4.78, 5) is 12.7. The average molecular weight is 237 g/mol. The number of amides is 1. The zero-order chi connectivity index (χ0) is 11.8. The number of hydrogen-bond donors (Lipinski definition) is 1. The van der Waals surface area contributed by atoms with Gasteiger partial charge >= 0.3 is 0 Å². The van der Waals surface area contributed by atoms with E-state index in [9.17, 15) is 4.79 Å². The van der Waals surface area contributed by atoms with Crippen LogP contribution in [0.15, 0.2) is 35.2 Å². The topological polar surface area (TPSA) is 29.1 Å². The second kappa shape index (κ2) is 7.34. The molecular weight excluding hydrogens is 218 g/mol. The van der Waals surface area contributed by atoms with E-state index in [2.05, 4.69) is 19.2 Å². The van der Waals surface area contributed by atoms with Crippen LogP contribution >= 0.6 is 11.8 Å². The lowest BCUT2D eigenvalue weighted by atomic mass is 10.2. The first-order valence-electron chi connectivity index (χ1n) is 5.69. The molecule has 0 aliphatic carbocycles. The van der Waals surface area contributed by atoms with Crippen LogP contribution < -0.4 is 5.32 Å². The van der Waals surface area contributed by atoms with E-state index in [0.717, 1.165) is 17.7 Å². The third kappa shape index (κ3) is 5.21. The van der Waals surface area contributed by atoms with Crippen LogP contribution in [-0.2, 0) is 4.79 Å². The number of rotatable bonds is 6. The Morgan fingerprint density at radius 3 is 2.69 bits per heavy atom. The van der Waals surface area contributed by atoms with E-state index in [4.69, 9.17) is 0 Å². The smallest absolute Gasteiger partial charge is 0.230 e. The molecule has 0 bridgehead atoms. The lowest BCUT2D eigenvalue weighted by Crippen LogP contribution is -2.33. The van der Waals surface area contributed by atoms with Crippen LogP contribution in [0.25, 0.3) is 0 Å². The Bertz CT molecular complexity index is 313. The molecule has 2 nitrogen and oxygen atoms in total. The van der Waals surface area contributed by atoms with Gasteiger partial charge in [0.25, 0.3) is 0 Å². The minimum Gasteiger partial charge on any atom is -0.353 e. The van der Waals surface area contributed by atoms with E-state index in [1.54, 1.807) is 11.8 Å². The Hall–Kier alpha value is -0.960. The molecule has 1 N–H and O–H groups in total. The molecule has 1 atom stereocenters. The van der Waals surface area contributed by atoms with Gasteiger partial charge < -0.3 is 5.32 Å². The van der Waals surface area contributed by atoms with E-state index in [-0.39, 0.29) is 11.9 Å². The summed E-state index contributed by atoms with van der Waals surface area (Å²) in [6.07, 6.45) is 2.15. The van der Waals surface area contributed by atoms with Crippen LogP contribution in [0, 0.1) is 0 Å². The highest BCUT2D eigenvalue weighted by atomic mass is 32.2. The maximum Gasteiger partial charge on any atom is 0.230 e. The summed E-state index contributed by atoms with van der Waals surface area (Å²) in [5.41, 5.74) is 0. The zero-order valence-electron chi connectivity index (χ0n) is 9.90. The predicted octanol–water partition coefficient (Wildman–Crippen LogP) is 3.08. The van der Waals surface area contributed by atoms with Gasteiger partial charge in [-0.3, -0.25) is 4.79 Å². The molecule has 3 heteroatoms. The SMILES string of the molecule is CCC[C@@H](C)NC(=O)CSc1ccccc1. The largest absolute Gasteiger partial charge is 0.353 e. The van der Waals surface area contributed by atoms with E-state index in [1.165, 1.54) is 0 Å². The number of thioether (sulfide) groups is 1. The van der Waals surface area contributed by atoms with Gasteiger partial charge in [-0.15, -0.1) is 11.8 Å². The molecule has 88 valence electrons. The summed E-state index contributed by atoms with van der Waals surface area (Å²) in [5, 5.41) is 2.99. The van der Waals surface area contributed by atoms with Gasteiger partial charge in [-0.05, 0) is 25.5 Å². The van der Waals surface area contributed by atoms with Gasteiger partial charge in [0.15, 0.2) is 0 Å². The minimum atomic E-state index is 0.120. The highest BCUT2D eigenvalue weighted by Gasteiger charge is 2.06.